The molecule has 1 aromatic heterocycles. The van der Waals surface area contributed by atoms with Gasteiger partial charge in [0.1, 0.15) is 6.10 Å². The fraction of sp³-hybridized carbons (Fsp3) is 0.733. The average molecular weight is 248 g/mol. The minimum Gasteiger partial charge on any atom is -0.386 e. The lowest BCUT2D eigenvalue weighted by atomic mass is 9.77. The zero-order valence-corrected chi connectivity index (χ0v) is 11.3. The quantitative estimate of drug-likeness (QED) is 0.867. The first-order valence-corrected chi connectivity index (χ1v) is 7.25. The van der Waals surface area contributed by atoms with Crippen LogP contribution in [0.2, 0.25) is 0 Å². The smallest absolute Gasteiger partial charge is 0.100 e. The van der Waals surface area contributed by atoms with E-state index in [1.165, 1.54) is 32.1 Å². The Balaban J connectivity index is 1.82. The van der Waals surface area contributed by atoms with Gasteiger partial charge in [-0.05, 0) is 24.7 Å². The predicted octanol–water partition coefficient (Wildman–Crippen LogP) is 3.51. The van der Waals surface area contributed by atoms with Crippen LogP contribution in [0.15, 0.2) is 18.6 Å². The Labute approximate surface area is 110 Å². The molecule has 0 bridgehead atoms. The minimum absolute atomic E-state index is 0.375. The van der Waals surface area contributed by atoms with Gasteiger partial charge in [-0.3, -0.25) is 9.97 Å². The molecule has 1 heterocycles. The molecule has 3 nitrogen and oxygen atoms in total. The third kappa shape index (κ3) is 3.52. The molecule has 0 aromatic carbocycles. The number of hydrogen-bond donors (Lipinski definition) is 1. The van der Waals surface area contributed by atoms with Gasteiger partial charge >= 0.3 is 0 Å². The third-order valence-corrected chi connectivity index (χ3v) is 4.19. The topological polar surface area (TPSA) is 46.0 Å². The molecule has 1 unspecified atom stereocenters. The summed E-state index contributed by atoms with van der Waals surface area (Å²) in [7, 11) is 0. The molecule has 2 rings (SSSR count). The fourth-order valence-corrected chi connectivity index (χ4v) is 2.99. The first-order valence-electron chi connectivity index (χ1n) is 7.25. The van der Waals surface area contributed by atoms with Crippen molar-refractivity contribution in [2.45, 2.75) is 58.0 Å². The molecule has 1 N–H and O–H groups in total. The van der Waals surface area contributed by atoms with Crippen LogP contribution in [0.25, 0.3) is 0 Å². The summed E-state index contributed by atoms with van der Waals surface area (Å²) in [5.41, 5.74) is 0.731. The Bertz CT molecular complexity index is 334. The fourth-order valence-electron chi connectivity index (χ4n) is 2.99. The van der Waals surface area contributed by atoms with Crippen molar-refractivity contribution in [1.82, 2.24) is 9.97 Å². The van der Waals surface area contributed by atoms with Gasteiger partial charge in [-0.25, -0.2) is 0 Å². The van der Waals surface area contributed by atoms with Gasteiger partial charge in [0.15, 0.2) is 0 Å². The van der Waals surface area contributed by atoms with Crippen molar-refractivity contribution in [3.8, 4) is 0 Å². The number of aliphatic hydroxyl groups is 1. The van der Waals surface area contributed by atoms with Crippen LogP contribution < -0.4 is 0 Å². The number of aromatic nitrogens is 2. The van der Waals surface area contributed by atoms with Crippen LogP contribution in [0.3, 0.4) is 0 Å². The van der Waals surface area contributed by atoms with E-state index >= 15 is 0 Å². The Kier molecular flexibility index (Phi) is 5.12. The Hall–Kier alpha value is -0.960. The van der Waals surface area contributed by atoms with E-state index in [-0.39, 0.29) is 0 Å². The van der Waals surface area contributed by atoms with Crippen LogP contribution in [0, 0.1) is 11.8 Å². The molecule has 0 saturated heterocycles. The molecule has 1 atom stereocenters. The molecule has 1 saturated carbocycles. The van der Waals surface area contributed by atoms with Crippen LogP contribution in [-0.2, 0) is 0 Å². The number of hydrogen-bond acceptors (Lipinski definition) is 3. The summed E-state index contributed by atoms with van der Waals surface area (Å²) >= 11 is 0. The molecular formula is C15H24N2O. The van der Waals surface area contributed by atoms with Gasteiger partial charge in [0, 0.05) is 12.4 Å². The second-order valence-electron chi connectivity index (χ2n) is 5.50. The van der Waals surface area contributed by atoms with Crippen molar-refractivity contribution in [2.75, 3.05) is 0 Å². The van der Waals surface area contributed by atoms with Crippen molar-refractivity contribution in [2.24, 2.45) is 11.8 Å². The number of unbranched alkanes of at least 4 members (excludes halogenated alkanes) is 1. The first kappa shape index (κ1) is 13.5. The lowest BCUT2D eigenvalue weighted by Crippen LogP contribution is -2.21. The highest BCUT2D eigenvalue weighted by atomic mass is 16.3. The van der Waals surface area contributed by atoms with Gasteiger partial charge in [-0.1, -0.05) is 39.0 Å². The zero-order chi connectivity index (χ0) is 12.8. The van der Waals surface area contributed by atoms with Gasteiger partial charge in [-0.15, -0.1) is 0 Å². The molecule has 18 heavy (non-hydrogen) atoms. The van der Waals surface area contributed by atoms with Crippen LogP contribution in [0.4, 0.5) is 0 Å². The largest absolute Gasteiger partial charge is 0.386 e. The number of nitrogens with zero attached hydrogens (tertiary/aromatic N) is 2. The Morgan fingerprint density at radius 2 is 2.06 bits per heavy atom. The van der Waals surface area contributed by atoms with E-state index in [1.54, 1.807) is 18.6 Å². The van der Waals surface area contributed by atoms with E-state index < -0.39 is 6.10 Å². The highest BCUT2D eigenvalue weighted by Crippen LogP contribution is 2.37. The van der Waals surface area contributed by atoms with Gasteiger partial charge < -0.3 is 5.11 Å². The molecule has 0 radical (unpaired) electrons. The van der Waals surface area contributed by atoms with E-state index in [0.29, 0.717) is 5.92 Å². The Morgan fingerprint density at radius 1 is 1.28 bits per heavy atom. The summed E-state index contributed by atoms with van der Waals surface area (Å²) in [6.07, 6.45) is 13.4. The molecule has 3 heteroatoms. The van der Waals surface area contributed by atoms with Crippen molar-refractivity contribution < 1.29 is 5.11 Å². The van der Waals surface area contributed by atoms with Crippen LogP contribution in [0.1, 0.15) is 63.7 Å². The lowest BCUT2D eigenvalue weighted by Gasteiger charge is -2.31. The van der Waals surface area contributed by atoms with E-state index in [2.05, 4.69) is 16.9 Å². The van der Waals surface area contributed by atoms with Gasteiger partial charge in [0.2, 0.25) is 0 Å². The maximum Gasteiger partial charge on any atom is 0.100 e. The van der Waals surface area contributed by atoms with Crippen LogP contribution in [0.5, 0.6) is 0 Å². The maximum atomic E-state index is 10.3. The summed E-state index contributed by atoms with van der Waals surface area (Å²) in [5.74, 6) is 1.26. The summed E-state index contributed by atoms with van der Waals surface area (Å²) < 4.78 is 0. The summed E-state index contributed by atoms with van der Waals surface area (Å²) in [4.78, 5) is 8.24. The van der Waals surface area contributed by atoms with E-state index in [0.717, 1.165) is 24.5 Å². The van der Waals surface area contributed by atoms with Crippen LogP contribution >= 0.6 is 0 Å². The van der Waals surface area contributed by atoms with Crippen molar-refractivity contribution in [1.29, 1.82) is 0 Å². The second-order valence-corrected chi connectivity index (χ2v) is 5.50. The summed E-state index contributed by atoms with van der Waals surface area (Å²) in [5, 5.41) is 10.3. The van der Waals surface area contributed by atoms with E-state index in [1.807, 2.05) is 0 Å². The maximum absolute atomic E-state index is 10.3. The van der Waals surface area contributed by atoms with E-state index in [9.17, 15) is 5.11 Å². The minimum atomic E-state index is -0.425. The number of aliphatic hydroxyl groups excluding tert-OH is 1. The monoisotopic (exact) mass is 248 g/mol. The van der Waals surface area contributed by atoms with E-state index in [4.69, 9.17) is 0 Å². The van der Waals surface area contributed by atoms with Crippen LogP contribution in [-0.4, -0.2) is 15.1 Å². The second kappa shape index (κ2) is 6.83. The molecule has 100 valence electrons. The third-order valence-electron chi connectivity index (χ3n) is 4.19. The summed E-state index contributed by atoms with van der Waals surface area (Å²) in [6.45, 7) is 2.25. The molecule has 0 spiro atoms. The molecular weight excluding hydrogens is 224 g/mol. The van der Waals surface area contributed by atoms with Gasteiger partial charge in [0.05, 0.1) is 11.9 Å². The lowest BCUT2D eigenvalue weighted by molar-refractivity contribution is 0.0684. The van der Waals surface area contributed by atoms with Gasteiger partial charge in [-0.2, -0.15) is 0 Å². The standard InChI is InChI=1S/C15H24N2O/c1-2-3-4-12-5-7-13(8-6-12)15(18)14-11-16-9-10-17-14/h9-13,15,18H,2-8H2,1H3. The predicted molar refractivity (Wildman–Crippen MR) is 72.0 cm³/mol. The SMILES string of the molecule is CCCCC1CCC(C(O)c2cnccn2)CC1. The summed E-state index contributed by atoms with van der Waals surface area (Å²) in [6, 6.07) is 0. The molecule has 1 fully saturated rings. The molecule has 1 aliphatic carbocycles. The average Bonchev–Trinajstić information content (AvgIpc) is 2.46. The normalized spacial score (nSPS) is 25.9. The first-order chi connectivity index (χ1) is 8.81. The highest BCUT2D eigenvalue weighted by Gasteiger charge is 2.27. The van der Waals surface area contributed by atoms with Crippen molar-refractivity contribution >= 4 is 0 Å². The molecule has 1 aromatic rings. The van der Waals surface area contributed by atoms with Crippen molar-refractivity contribution in [3.05, 3.63) is 24.3 Å². The molecule has 0 amide bonds. The number of rotatable bonds is 5. The zero-order valence-electron chi connectivity index (χ0n) is 11.3. The molecule has 0 aliphatic heterocycles. The van der Waals surface area contributed by atoms with Crippen molar-refractivity contribution in [3.63, 3.8) is 0 Å². The molecule has 1 aliphatic rings. The van der Waals surface area contributed by atoms with Gasteiger partial charge in [0.25, 0.3) is 0 Å². The highest BCUT2D eigenvalue weighted by molar-refractivity contribution is 5.01. The Morgan fingerprint density at radius 3 is 2.67 bits per heavy atom.